The Kier molecular flexibility index (Phi) is 5.24. The Balaban J connectivity index is 1.57. The van der Waals surface area contributed by atoms with E-state index in [2.05, 4.69) is 0 Å². The number of carbonyl (C=O) groups excluding carboxylic acids is 1. The van der Waals surface area contributed by atoms with Gasteiger partial charge in [0.1, 0.15) is 6.17 Å². The number of amides is 1. The predicted molar refractivity (Wildman–Crippen MR) is 138 cm³/mol. The highest BCUT2D eigenvalue weighted by atomic mass is 32.2. The minimum absolute atomic E-state index is 0.156. The van der Waals surface area contributed by atoms with Crippen molar-refractivity contribution in [2.45, 2.75) is 22.9 Å². The van der Waals surface area contributed by atoms with Gasteiger partial charge in [-0.25, -0.2) is 8.78 Å². The maximum absolute atomic E-state index is 15.4. The summed E-state index contributed by atoms with van der Waals surface area (Å²) in [5.74, 6) is -2.78. The molecule has 0 spiro atoms. The Morgan fingerprint density at radius 2 is 1.82 bits per heavy atom. The lowest BCUT2D eigenvalue weighted by molar-refractivity contribution is -0.0197. The molecule has 1 fully saturated rings. The molecule has 4 aromatic rings. The van der Waals surface area contributed by atoms with Gasteiger partial charge in [0.05, 0.1) is 19.3 Å². The lowest BCUT2D eigenvalue weighted by Gasteiger charge is -2.51. The van der Waals surface area contributed by atoms with Crippen molar-refractivity contribution in [3.8, 4) is 5.75 Å². The van der Waals surface area contributed by atoms with Gasteiger partial charge in [-0.2, -0.15) is 0 Å². The van der Waals surface area contributed by atoms with Crippen LogP contribution in [0.25, 0.3) is 10.8 Å². The number of benzene rings is 3. The number of pyridine rings is 1. The molecule has 7 rings (SSSR count). The van der Waals surface area contributed by atoms with Crippen LogP contribution in [0.1, 0.15) is 33.2 Å². The van der Waals surface area contributed by atoms with Gasteiger partial charge in [-0.15, -0.1) is 11.8 Å². The first-order valence-corrected chi connectivity index (χ1v) is 13.2. The number of rotatable bonds is 1. The Hall–Kier alpha value is -3.89. The number of ether oxygens (including phenoxy) is 1. The Labute approximate surface area is 219 Å². The molecule has 0 bridgehead atoms. The summed E-state index contributed by atoms with van der Waals surface area (Å²) in [6.45, 7) is 0.703. The van der Waals surface area contributed by atoms with Crippen molar-refractivity contribution in [2.24, 2.45) is 0 Å². The summed E-state index contributed by atoms with van der Waals surface area (Å²) in [5.41, 5.74) is 0.760. The van der Waals surface area contributed by atoms with Gasteiger partial charge < -0.3 is 14.7 Å². The van der Waals surface area contributed by atoms with E-state index in [0.29, 0.717) is 12.2 Å². The number of fused-ring (bicyclic) bond motifs is 6. The summed E-state index contributed by atoms with van der Waals surface area (Å²) < 4.78 is 37.1. The van der Waals surface area contributed by atoms with Crippen LogP contribution < -0.4 is 10.4 Å². The van der Waals surface area contributed by atoms with E-state index in [1.54, 1.807) is 11.0 Å². The number of nitrogens with zero attached hydrogens (tertiary/aromatic N) is 3. The highest BCUT2D eigenvalue weighted by Crippen LogP contribution is 2.47. The van der Waals surface area contributed by atoms with Crippen LogP contribution in [0.5, 0.6) is 5.75 Å². The highest BCUT2D eigenvalue weighted by molar-refractivity contribution is 7.98. The predicted octanol–water partition coefficient (Wildman–Crippen LogP) is 4.13. The summed E-state index contributed by atoms with van der Waals surface area (Å²) in [4.78, 5) is 28.4. The van der Waals surface area contributed by atoms with E-state index in [-0.39, 0.29) is 30.2 Å². The summed E-state index contributed by atoms with van der Waals surface area (Å²) in [7, 11) is 0. The molecule has 0 unspecified atom stereocenters. The van der Waals surface area contributed by atoms with E-state index in [1.165, 1.54) is 28.7 Å². The molecule has 0 aliphatic carbocycles. The number of aromatic hydroxyl groups is 1. The second kappa shape index (κ2) is 8.57. The minimum atomic E-state index is -0.933. The molecule has 38 heavy (non-hydrogen) atoms. The quantitative estimate of drug-likeness (QED) is 0.397. The summed E-state index contributed by atoms with van der Waals surface area (Å²) in [6, 6.07) is 15.0. The SMILES string of the molecule is O=C1c2c(O)c(=O)ccn2N([C@@H]2c3ccc(F)c(F)c3CSc3c2ccc2ccccc32)[C@H]2COCCN12. The van der Waals surface area contributed by atoms with E-state index in [4.69, 9.17) is 4.74 Å². The van der Waals surface area contributed by atoms with E-state index < -0.39 is 40.9 Å². The minimum Gasteiger partial charge on any atom is -0.502 e. The zero-order valence-corrected chi connectivity index (χ0v) is 20.8. The van der Waals surface area contributed by atoms with Crippen LogP contribution in [0, 0.1) is 11.6 Å². The molecule has 7 nitrogen and oxygen atoms in total. The fraction of sp³-hybridized carbons (Fsp3) is 0.214. The van der Waals surface area contributed by atoms with Crippen molar-refractivity contribution in [3.05, 3.63) is 105 Å². The fourth-order valence-corrected chi connectivity index (χ4v) is 7.04. The molecule has 192 valence electrons. The van der Waals surface area contributed by atoms with E-state index in [9.17, 15) is 19.1 Å². The van der Waals surface area contributed by atoms with Gasteiger partial charge in [0.15, 0.2) is 23.1 Å². The third-order valence-corrected chi connectivity index (χ3v) is 8.71. The van der Waals surface area contributed by atoms with Gasteiger partial charge >= 0.3 is 0 Å². The number of halogens is 2. The Morgan fingerprint density at radius 3 is 2.68 bits per heavy atom. The van der Waals surface area contributed by atoms with Crippen LogP contribution in [0.3, 0.4) is 0 Å². The average Bonchev–Trinajstić information content (AvgIpc) is 3.10. The molecule has 2 atom stereocenters. The van der Waals surface area contributed by atoms with Gasteiger partial charge in [-0.05, 0) is 28.0 Å². The smallest absolute Gasteiger partial charge is 0.278 e. The topological polar surface area (TPSA) is 75.0 Å². The molecule has 0 saturated carbocycles. The van der Waals surface area contributed by atoms with Crippen LogP contribution in [0.2, 0.25) is 0 Å². The monoisotopic (exact) mass is 533 g/mol. The fourth-order valence-electron chi connectivity index (χ4n) is 5.78. The second-order valence-corrected chi connectivity index (χ2v) is 10.5. The van der Waals surface area contributed by atoms with Gasteiger partial charge in [0, 0.05) is 35.0 Å². The molecule has 10 heteroatoms. The molecule has 1 amide bonds. The number of hydrogen-bond donors (Lipinski definition) is 1. The maximum atomic E-state index is 15.4. The first-order valence-electron chi connectivity index (χ1n) is 12.2. The normalized spacial score (nSPS) is 20.4. The van der Waals surface area contributed by atoms with Gasteiger partial charge in [0.25, 0.3) is 5.91 Å². The van der Waals surface area contributed by atoms with E-state index >= 15 is 4.39 Å². The van der Waals surface area contributed by atoms with E-state index in [1.807, 2.05) is 41.4 Å². The molecule has 4 heterocycles. The highest BCUT2D eigenvalue weighted by Gasteiger charge is 2.46. The largest absolute Gasteiger partial charge is 0.502 e. The van der Waals surface area contributed by atoms with E-state index in [0.717, 1.165) is 27.3 Å². The number of thioether (sulfide) groups is 1. The molecule has 1 N–H and O–H groups in total. The maximum Gasteiger partial charge on any atom is 0.278 e. The standard InChI is InChI=1S/C28H21F2N3O4S/c29-20-8-7-17-19(23(20)30)14-38-27-16-4-2-1-3-15(16)5-6-18(27)24(17)33-22-13-37-12-11-31(22)28(36)25-26(35)21(34)9-10-32(25)33/h1-10,22,24,35H,11-14H2/t22-,24+/m0/s1. The zero-order valence-electron chi connectivity index (χ0n) is 19.9. The number of hydrogen-bond acceptors (Lipinski definition) is 6. The molecule has 1 saturated heterocycles. The molecule has 3 aromatic carbocycles. The summed E-state index contributed by atoms with van der Waals surface area (Å²) in [5, 5.41) is 14.6. The van der Waals surface area contributed by atoms with Crippen molar-refractivity contribution in [1.82, 2.24) is 9.58 Å². The molecule has 0 radical (unpaired) electrons. The van der Waals surface area contributed by atoms with Gasteiger partial charge in [-0.1, -0.05) is 42.5 Å². The number of morpholine rings is 1. The van der Waals surface area contributed by atoms with Crippen molar-refractivity contribution in [3.63, 3.8) is 0 Å². The van der Waals surface area contributed by atoms with Crippen molar-refractivity contribution < 1.29 is 23.4 Å². The van der Waals surface area contributed by atoms with Gasteiger partial charge in [-0.3, -0.25) is 19.3 Å². The Bertz CT molecular complexity index is 1710. The van der Waals surface area contributed by atoms with Gasteiger partial charge in [0.2, 0.25) is 5.43 Å². The van der Waals surface area contributed by atoms with Crippen LogP contribution in [0.15, 0.2) is 70.5 Å². The summed E-state index contributed by atoms with van der Waals surface area (Å²) >= 11 is 1.44. The van der Waals surface area contributed by atoms with Crippen molar-refractivity contribution in [2.75, 3.05) is 24.8 Å². The van der Waals surface area contributed by atoms with Crippen LogP contribution in [-0.2, 0) is 10.5 Å². The third kappa shape index (κ3) is 3.23. The number of carbonyl (C=O) groups is 1. The zero-order chi connectivity index (χ0) is 26.1. The first-order chi connectivity index (χ1) is 18.5. The van der Waals surface area contributed by atoms with Crippen LogP contribution in [-0.4, -0.2) is 46.5 Å². The molecular formula is C28H21F2N3O4S. The second-order valence-electron chi connectivity index (χ2n) is 9.48. The molecular weight excluding hydrogens is 512 g/mol. The average molecular weight is 534 g/mol. The lowest BCUT2D eigenvalue weighted by atomic mass is 9.91. The Morgan fingerprint density at radius 1 is 1.00 bits per heavy atom. The van der Waals surface area contributed by atoms with Crippen molar-refractivity contribution in [1.29, 1.82) is 0 Å². The first kappa shape index (κ1) is 23.2. The van der Waals surface area contributed by atoms with Crippen LogP contribution in [0.4, 0.5) is 8.78 Å². The molecule has 3 aliphatic heterocycles. The number of aromatic nitrogens is 1. The summed E-state index contributed by atoms with van der Waals surface area (Å²) in [6.07, 6.45) is 0.818. The van der Waals surface area contributed by atoms with Crippen molar-refractivity contribution >= 4 is 28.4 Å². The van der Waals surface area contributed by atoms with Crippen LogP contribution >= 0.6 is 11.8 Å². The molecule has 3 aliphatic rings. The molecule has 1 aromatic heterocycles. The third-order valence-electron chi connectivity index (χ3n) is 7.53. The lowest BCUT2D eigenvalue weighted by Crippen LogP contribution is -2.66.